The Kier molecular flexibility index (Phi) is 3.79. The minimum Gasteiger partial charge on any atom is -0.497 e. The van der Waals surface area contributed by atoms with E-state index in [9.17, 15) is 8.78 Å². The maximum Gasteiger partial charge on any atom is 0.135 e. The van der Waals surface area contributed by atoms with Gasteiger partial charge in [0.25, 0.3) is 0 Å². The molecule has 0 spiro atoms. The first-order valence-electron chi connectivity index (χ1n) is 9.73. The molecule has 0 unspecified atom stereocenters. The molecule has 29 heavy (non-hydrogen) atoms. The number of benzene rings is 1. The molecule has 0 radical (unpaired) electrons. The average Bonchev–Trinajstić information content (AvgIpc) is 3.09. The van der Waals surface area contributed by atoms with Crippen molar-refractivity contribution in [2.75, 3.05) is 7.11 Å². The van der Waals surface area contributed by atoms with Gasteiger partial charge in [-0.05, 0) is 54.0 Å². The molecule has 5 rings (SSSR count). The first-order valence-corrected chi connectivity index (χ1v) is 9.73. The van der Waals surface area contributed by atoms with Crippen LogP contribution in [0.25, 0.3) is 11.3 Å². The lowest BCUT2D eigenvalue weighted by atomic mass is 9.66. The Morgan fingerprint density at radius 3 is 2.55 bits per heavy atom. The van der Waals surface area contributed by atoms with Crippen molar-refractivity contribution in [2.24, 2.45) is 5.41 Å². The Morgan fingerprint density at radius 1 is 1.07 bits per heavy atom. The van der Waals surface area contributed by atoms with E-state index in [-0.39, 0.29) is 22.6 Å². The van der Waals surface area contributed by atoms with Crippen LogP contribution in [-0.4, -0.2) is 22.3 Å². The summed E-state index contributed by atoms with van der Waals surface area (Å²) >= 11 is 0. The number of ether oxygens (including phenoxy) is 1. The second-order valence-corrected chi connectivity index (χ2v) is 8.43. The van der Waals surface area contributed by atoms with Gasteiger partial charge in [-0.3, -0.25) is 4.98 Å². The Bertz CT molecular complexity index is 1110. The summed E-state index contributed by atoms with van der Waals surface area (Å²) < 4.78 is 34.1. The molecule has 3 aromatic rings. The van der Waals surface area contributed by atoms with Crippen molar-refractivity contribution < 1.29 is 13.5 Å². The third-order valence-electron chi connectivity index (χ3n) is 7.01. The number of pyridine rings is 1. The van der Waals surface area contributed by atoms with E-state index in [0.717, 1.165) is 35.5 Å². The number of aromatic nitrogens is 3. The highest BCUT2D eigenvalue weighted by Crippen LogP contribution is 2.69. The Balaban J connectivity index is 1.72. The van der Waals surface area contributed by atoms with Gasteiger partial charge in [0.1, 0.15) is 17.4 Å². The van der Waals surface area contributed by atoms with Crippen LogP contribution in [0.15, 0.2) is 42.6 Å². The zero-order valence-corrected chi connectivity index (χ0v) is 16.5. The van der Waals surface area contributed by atoms with Crippen molar-refractivity contribution in [1.29, 1.82) is 0 Å². The van der Waals surface area contributed by atoms with Gasteiger partial charge in [0.15, 0.2) is 0 Å². The second kappa shape index (κ2) is 6.05. The predicted molar refractivity (Wildman–Crippen MR) is 105 cm³/mol. The minimum absolute atomic E-state index is 0.128. The number of nitrogens with zero attached hydrogens (tertiary/aromatic N) is 3. The lowest BCUT2D eigenvalue weighted by Crippen LogP contribution is -2.37. The molecular weight excluding hydrogens is 372 g/mol. The fourth-order valence-electron chi connectivity index (χ4n) is 5.53. The van der Waals surface area contributed by atoms with Gasteiger partial charge in [-0.25, -0.2) is 8.78 Å². The van der Waals surface area contributed by atoms with Crippen LogP contribution in [0.2, 0.25) is 0 Å². The van der Waals surface area contributed by atoms with E-state index in [1.807, 2.05) is 18.2 Å². The molecule has 148 valence electrons. The van der Waals surface area contributed by atoms with E-state index in [2.05, 4.69) is 29.0 Å². The molecule has 0 saturated heterocycles. The quantitative estimate of drug-likeness (QED) is 0.626. The lowest BCUT2D eigenvalue weighted by Gasteiger charge is -2.37. The molecule has 0 N–H and O–H groups in total. The number of rotatable bonds is 3. The summed E-state index contributed by atoms with van der Waals surface area (Å²) in [5, 5.41) is 8.79. The van der Waals surface area contributed by atoms with Gasteiger partial charge in [0, 0.05) is 12.3 Å². The Labute approximate surface area is 168 Å². The lowest BCUT2D eigenvalue weighted by molar-refractivity contribution is 0.242. The standard InChI is InChI=1S/C23H21F2N3O/c1-22(2)15-7-9-23(22,19-11-13(29-3)8-10-26-19)21-14(15)12-18(27-28-21)20-16(24)5-4-6-17(20)25/h4-6,8,10-12,15H,7,9H2,1-3H3/t15-,23+/m0/s1. The molecule has 1 saturated carbocycles. The monoisotopic (exact) mass is 393 g/mol. The first kappa shape index (κ1) is 18.2. The van der Waals surface area contributed by atoms with Crippen molar-refractivity contribution in [1.82, 2.24) is 15.2 Å². The van der Waals surface area contributed by atoms with Crippen molar-refractivity contribution in [3.8, 4) is 17.0 Å². The maximum atomic E-state index is 14.3. The summed E-state index contributed by atoms with van der Waals surface area (Å²) in [4.78, 5) is 4.67. The molecule has 4 nitrogen and oxygen atoms in total. The van der Waals surface area contributed by atoms with Gasteiger partial charge >= 0.3 is 0 Å². The van der Waals surface area contributed by atoms with Crippen molar-refractivity contribution in [3.63, 3.8) is 0 Å². The molecule has 6 heteroatoms. The van der Waals surface area contributed by atoms with Gasteiger partial charge < -0.3 is 4.74 Å². The van der Waals surface area contributed by atoms with Crippen molar-refractivity contribution in [3.05, 3.63) is 71.2 Å². The maximum absolute atomic E-state index is 14.3. The molecule has 1 fully saturated rings. The molecule has 2 aromatic heterocycles. The molecular formula is C23H21F2N3O. The molecule has 0 aliphatic heterocycles. The summed E-state index contributed by atoms with van der Waals surface area (Å²) in [5.41, 5.74) is 2.32. The third kappa shape index (κ3) is 2.26. The van der Waals surface area contributed by atoms with Crippen LogP contribution in [0.3, 0.4) is 0 Å². The third-order valence-corrected chi connectivity index (χ3v) is 7.01. The van der Waals surface area contributed by atoms with E-state index in [0.29, 0.717) is 0 Å². The number of methoxy groups -OCH3 is 1. The highest BCUT2D eigenvalue weighted by molar-refractivity contribution is 5.64. The van der Waals surface area contributed by atoms with Gasteiger partial charge in [0.05, 0.1) is 35.2 Å². The van der Waals surface area contributed by atoms with Crippen LogP contribution in [0.4, 0.5) is 8.78 Å². The van der Waals surface area contributed by atoms with Crippen LogP contribution < -0.4 is 4.74 Å². The molecule has 1 aromatic carbocycles. The van der Waals surface area contributed by atoms with Crippen LogP contribution in [0, 0.1) is 17.0 Å². The van der Waals surface area contributed by atoms with Crippen LogP contribution in [0.5, 0.6) is 5.75 Å². The zero-order chi connectivity index (χ0) is 20.4. The fraction of sp³-hybridized carbons (Fsp3) is 0.348. The van der Waals surface area contributed by atoms with Gasteiger partial charge in [0.2, 0.25) is 0 Å². The van der Waals surface area contributed by atoms with Gasteiger partial charge in [-0.2, -0.15) is 5.10 Å². The molecule has 2 atom stereocenters. The molecule has 2 aliphatic rings. The average molecular weight is 393 g/mol. The summed E-state index contributed by atoms with van der Waals surface area (Å²) in [6.45, 7) is 4.44. The Hall–Kier alpha value is -2.89. The van der Waals surface area contributed by atoms with Crippen molar-refractivity contribution in [2.45, 2.75) is 38.0 Å². The molecule has 2 aliphatic carbocycles. The summed E-state index contributed by atoms with van der Waals surface area (Å²) in [7, 11) is 1.64. The van der Waals surface area contributed by atoms with E-state index in [1.165, 1.54) is 18.2 Å². The second-order valence-electron chi connectivity index (χ2n) is 8.43. The van der Waals surface area contributed by atoms with Gasteiger partial charge in [-0.15, -0.1) is 5.10 Å². The van der Waals surface area contributed by atoms with Crippen LogP contribution in [-0.2, 0) is 5.41 Å². The summed E-state index contributed by atoms with van der Waals surface area (Å²) in [6.07, 6.45) is 3.62. The summed E-state index contributed by atoms with van der Waals surface area (Å²) in [5.74, 6) is -0.304. The molecule has 0 amide bonds. The van der Waals surface area contributed by atoms with E-state index in [4.69, 9.17) is 4.74 Å². The molecule has 2 bridgehead atoms. The highest BCUT2D eigenvalue weighted by Gasteiger charge is 2.65. The normalized spacial score (nSPS) is 23.8. The van der Waals surface area contributed by atoms with Crippen LogP contribution >= 0.6 is 0 Å². The first-order chi connectivity index (χ1) is 13.9. The Morgan fingerprint density at radius 2 is 1.83 bits per heavy atom. The topological polar surface area (TPSA) is 47.9 Å². The van der Waals surface area contributed by atoms with E-state index >= 15 is 0 Å². The largest absolute Gasteiger partial charge is 0.497 e. The summed E-state index contributed by atoms with van der Waals surface area (Å²) in [6, 6.07) is 9.44. The van der Waals surface area contributed by atoms with Crippen molar-refractivity contribution >= 4 is 0 Å². The number of hydrogen-bond acceptors (Lipinski definition) is 4. The van der Waals surface area contributed by atoms with E-state index in [1.54, 1.807) is 13.3 Å². The van der Waals surface area contributed by atoms with E-state index < -0.39 is 17.0 Å². The minimum atomic E-state index is -0.633. The number of halogens is 2. The fourth-order valence-corrected chi connectivity index (χ4v) is 5.53. The predicted octanol–water partition coefficient (Wildman–Crippen LogP) is 5.03. The zero-order valence-electron chi connectivity index (χ0n) is 16.5. The highest BCUT2D eigenvalue weighted by atomic mass is 19.1. The van der Waals surface area contributed by atoms with Gasteiger partial charge in [-0.1, -0.05) is 19.9 Å². The number of hydrogen-bond donors (Lipinski definition) is 0. The molecule has 2 heterocycles. The smallest absolute Gasteiger partial charge is 0.135 e. The SMILES string of the molecule is COc1ccnc([C@]23CC[C@@H](c4cc(-c5c(F)cccc5F)nnc42)C3(C)C)c1. The number of fused-ring (bicyclic) bond motifs is 5. The van der Waals surface area contributed by atoms with Crippen LogP contribution in [0.1, 0.15) is 49.6 Å².